The number of anilines is 1. The molecule has 9 heteroatoms. The second-order valence-corrected chi connectivity index (χ2v) is 9.03. The predicted octanol–water partition coefficient (Wildman–Crippen LogP) is 2.67. The maximum atomic E-state index is 12.5. The summed E-state index contributed by atoms with van der Waals surface area (Å²) in [6, 6.07) is 14.0. The zero-order valence-corrected chi connectivity index (χ0v) is 19.7. The third-order valence-electron chi connectivity index (χ3n) is 5.43. The van der Waals surface area contributed by atoms with Gasteiger partial charge in [-0.3, -0.25) is 29.6 Å². The molecule has 34 heavy (non-hydrogen) atoms. The van der Waals surface area contributed by atoms with Gasteiger partial charge in [0.05, 0.1) is 25.3 Å². The van der Waals surface area contributed by atoms with E-state index < -0.39 is 36.2 Å². The Morgan fingerprint density at radius 2 is 1.74 bits per heavy atom. The Kier molecular flexibility index (Phi) is 7.55. The molecule has 9 nitrogen and oxygen atoms in total. The molecule has 0 saturated carbocycles. The highest BCUT2D eigenvalue weighted by Gasteiger charge is 2.36. The fourth-order valence-corrected chi connectivity index (χ4v) is 3.47. The molecular formula is C25H29N3O6. The number of rotatable bonds is 7. The monoisotopic (exact) mass is 467 g/mol. The molecule has 1 saturated heterocycles. The van der Waals surface area contributed by atoms with Crippen molar-refractivity contribution in [3.8, 4) is 5.75 Å². The van der Waals surface area contributed by atoms with Gasteiger partial charge in [-0.1, -0.05) is 45.0 Å². The fraction of sp³-hybridized carbons (Fsp3) is 0.360. The van der Waals surface area contributed by atoms with Crippen LogP contribution >= 0.6 is 0 Å². The number of methoxy groups -OCH3 is 1. The van der Waals surface area contributed by atoms with Crippen molar-refractivity contribution in [2.24, 2.45) is 5.92 Å². The minimum atomic E-state index is -0.782. The minimum absolute atomic E-state index is 0.0302. The number of hydrogen-bond acceptors (Lipinski definition) is 6. The number of esters is 1. The van der Waals surface area contributed by atoms with Gasteiger partial charge < -0.3 is 14.8 Å². The van der Waals surface area contributed by atoms with Crippen molar-refractivity contribution in [2.75, 3.05) is 25.6 Å². The van der Waals surface area contributed by atoms with Gasteiger partial charge in [0.1, 0.15) is 5.75 Å². The quantitative estimate of drug-likeness (QED) is 0.605. The van der Waals surface area contributed by atoms with Crippen LogP contribution in [0.1, 0.15) is 43.1 Å². The molecule has 0 bridgehead atoms. The van der Waals surface area contributed by atoms with Gasteiger partial charge >= 0.3 is 5.97 Å². The van der Waals surface area contributed by atoms with Crippen LogP contribution in [0.3, 0.4) is 0 Å². The second kappa shape index (κ2) is 10.4. The Hall–Kier alpha value is -3.88. The number of carbonyl (C=O) groups excluding carboxylic acids is 4. The lowest BCUT2D eigenvalue weighted by molar-refractivity contribution is -0.151. The lowest BCUT2D eigenvalue weighted by Gasteiger charge is -2.20. The van der Waals surface area contributed by atoms with Gasteiger partial charge in [0.15, 0.2) is 6.61 Å². The molecule has 2 aromatic carbocycles. The first-order valence-electron chi connectivity index (χ1n) is 10.9. The van der Waals surface area contributed by atoms with Crippen molar-refractivity contribution in [3.05, 3.63) is 59.7 Å². The van der Waals surface area contributed by atoms with Crippen LogP contribution in [0.4, 0.5) is 5.69 Å². The van der Waals surface area contributed by atoms with Gasteiger partial charge in [0, 0.05) is 12.0 Å². The van der Waals surface area contributed by atoms with Crippen molar-refractivity contribution in [3.63, 3.8) is 0 Å². The lowest BCUT2D eigenvalue weighted by atomic mass is 9.87. The van der Waals surface area contributed by atoms with Crippen molar-refractivity contribution >= 4 is 29.4 Å². The van der Waals surface area contributed by atoms with E-state index in [1.165, 1.54) is 7.11 Å². The standard InChI is InChI=1S/C25H29N3O6/c1-25(2,3)18-11-9-16(10-12-18)23(31)27-28-14-17(13-22(28)30)24(32)34-15-21(29)26-19-7-5-6-8-20(19)33-4/h5-12,17H,13-15H2,1-4H3,(H,26,29)(H,27,31)/t17-/m1/s1. The second-order valence-electron chi connectivity index (χ2n) is 9.03. The van der Waals surface area contributed by atoms with Crippen LogP contribution in [-0.4, -0.2) is 49.0 Å². The van der Waals surface area contributed by atoms with Gasteiger partial charge in [0.2, 0.25) is 5.91 Å². The molecule has 1 heterocycles. The topological polar surface area (TPSA) is 114 Å². The molecule has 0 aromatic heterocycles. The summed E-state index contributed by atoms with van der Waals surface area (Å²) in [5, 5.41) is 3.72. The number of benzene rings is 2. The maximum Gasteiger partial charge on any atom is 0.311 e. The van der Waals surface area contributed by atoms with Gasteiger partial charge in [-0.15, -0.1) is 0 Å². The smallest absolute Gasteiger partial charge is 0.311 e. The van der Waals surface area contributed by atoms with E-state index in [0.717, 1.165) is 10.6 Å². The predicted molar refractivity (Wildman–Crippen MR) is 125 cm³/mol. The SMILES string of the molecule is COc1ccccc1NC(=O)COC(=O)[C@@H]1CC(=O)N(NC(=O)c2ccc(C(C)(C)C)cc2)C1. The van der Waals surface area contributed by atoms with Crippen molar-refractivity contribution in [1.29, 1.82) is 0 Å². The number of nitrogens with zero attached hydrogens (tertiary/aromatic N) is 1. The Morgan fingerprint density at radius 3 is 2.38 bits per heavy atom. The lowest BCUT2D eigenvalue weighted by Crippen LogP contribution is -2.43. The first kappa shape index (κ1) is 24.8. The van der Waals surface area contributed by atoms with E-state index >= 15 is 0 Å². The van der Waals surface area contributed by atoms with Crippen LogP contribution in [0, 0.1) is 5.92 Å². The van der Waals surface area contributed by atoms with Crippen molar-refractivity contribution < 1.29 is 28.7 Å². The summed E-state index contributed by atoms with van der Waals surface area (Å²) in [5.74, 6) is -2.38. The number of amides is 3. The van der Waals surface area contributed by atoms with Gasteiger partial charge in [-0.05, 0) is 35.2 Å². The number of carbonyl (C=O) groups is 4. The van der Waals surface area contributed by atoms with Crippen molar-refractivity contribution in [1.82, 2.24) is 10.4 Å². The summed E-state index contributed by atoms with van der Waals surface area (Å²) in [5.41, 5.74) is 4.43. The number of nitrogens with one attached hydrogen (secondary N) is 2. The first-order valence-corrected chi connectivity index (χ1v) is 10.9. The molecule has 2 N–H and O–H groups in total. The Balaban J connectivity index is 1.50. The number of hydrogen-bond donors (Lipinski definition) is 2. The molecule has 1 atom stereocenters. The van der Waals surface area contributed by atoms with E-state index in [1.54, 1.807) is 36.4 Å². The van der Waals surface area contributed by atoms with E-state index in [0.29, 0.717) is 17.0 Å². The highest BCUT2D eigenvalue weighted by molar-refractivity contribution is 5.97. The van der Waals surface area contributed by atoms with Crippen LogP contribution in [0.5, 0.6) is 5.75 Å². The molecule has 0 radical (unpaired) electrons. The third-order valence-corrected chi connectivity index (χ3v) is 5.43. The minimum Gasteiger partial charge on any atom is -0.495 e. The fourth-order valence-electron chi connectivity index (χ4n) is 3.47. The Morgan fingerprint density at radius 1 is 1.06 bits per heavy atom. The van der Waals surface area contributed by atoms with Gasteiger partial charge in [-0.2, -0.15) is 0 Å². The molecule has 2 aromatic rings. The van der Waals surface area contributed by atoms with E-state index in [-0.39, 0.29) is 18.4 Å². The maximum absolute atomic E-state index is 12.5. The summed E-state index contributed by atoms with van der Waals surface area (Å²) in [6.45, 7) is 5.69. The van der Waals surface area contributed by atoms with E-state index in [9.17, 15) is 19.2 Å². The summed E-state index contributed by atoms with van der Waals surface area (Å²) in [6.07, 6.45) is -0.115. The van der Waals surface area contributed by atoms with E-state index in [2.05, 4.69) is 31.5 Å². The van der Waals surface area contributed by atoms with Gasteiger partial charge in [-0.25, -0.2) is 0 Å². The zero-order valence-electron chi connectivity index (χ0n) is 19.7. The van der Waals surface area contributed by atoms with Crippen LogP contribution in [0.15, 0.2) is 48.5 Å². The number of para-hydroxylation sites is 2. The largest absolute Gasteiger partial charge is 0.495 e. The summed E-state index contributed by atoms with van der Waals surface area (Å²) >= 11 is 0. The average molecular weight is 468 g/mol. The molecule has 1 fully saturated rings. The number of hydrazine groups is 1. The third kappa shape index (κ3) is 6.12. The molecule has 1 aliphatic heterocycles. The normalized spacial score (nSPS) is 15.6. The molecule has 0 aliphatic carbocycles. The van der Waals surface area contributed by atoms with Crippen LogP contribution in [0.25, 0.3) is 0 Å². The molecule has 0 spiro atoms. The molecule has 3 rings (SSSR count). The molecule has 3 amide bonds. The Labute approximate surface area is 198 Å². The van der Waals surface area contributed by atoms with Crippen LogP contribution in [0.2, 0.25) is 0 Å². The molecule has 0 unspecified atom stereocenters. The molecule has 180 valence electrons. The average Bonchev–Trinajstić information content (AvgIpc) is 3.17. The van der Waals surface area contributed by atoms with Gasteiger partial charge in [0.25, 0.3) is 11.8 Å². The highest BCUT2D eigenvalue weighted by Crippen LogP contribution is 2.24. The van der Waals surface area contributed by atoms with Crippen LogP contribution < -0.4 is 15.5 Å². The first-order chi connectivity index (χ1) is 16.1. The number of ether oxygens (including phenoxy) is 2. The van der Waals surface area contributed by atoms with Crippen molar-refractivity contribution in [2.45, 2.75) is 32.6 Å². The summed E-state index contributed by atoms with van der Waals surface area (Å²) < 4.78 is 10.2. The zero-order chi connectivity index (χ0) is 24.9. The highest BCUT2D eigenvalue weighted by atomic mass is 16.5. The van der Waals surface area contributed by atoms with E-state index in [4.69, 9.17) is 9.47 Å². The molecular weight excluding hydrogens is 438 g/mol. The summed E-state index contributed by atoms with van der Waals surface area (Å²) in [7, 11) is 1.48. The van der Waals surface area contributed by atoms with E-state index in [1.807, 2.05) is 12.1 Å². The summed E-state index contributed by atoms with van der Waals surface area (Å²) in [4.78, 5) is 49.4. The van der Waals surface area contributed by atoms with Crippen LogP contribution in [-0.2, 0) is 24.5 Å². The Bertz CT molecular complexity index is 1070. The molecule has 1 aliphatic rings.